The minimum Gasteiger partial charge on any atom is -0.234 e. The zero-order chi connectivity index (χ0) is 27.4. The number of unbranched alkanes of at least 4 members (excludes halogenated alkanes) is 24. The van der Waals surface area contributed by atoms with Crippen molar-refractivity contribution >= 4 is 0 Å². The monoisotopic (exact) mass is 532 g/mol. The van der Waals surface area contributed by atoms with Crippen LogP contribution in [0.25, 0.3) is 0 Å². The van der Waals surface area contributed by atoms with Crippen molar-refractivity contribution in [1.82, 2.24) is 4.57 Å². The van der Waals surface area contributed by atoms with E-state index < -0.39 is 0 Å². The quantitative estimate of drug-likeness (QED) is 0.0689. The smallest absolute Gasteiger partial charge is 0.234 e. The fraction of sp³-hybridized carbons (Fsp3) is 0.917. The van der Waals surface area contributed by atoms with Crippen LogP contribution in [-0.4, -0.2) is 4.57 Å². The van der Waals surface area contributed by atoms with Gasteiger partial charge in [0.2, 0.25) is 0 Å². The molecule has 0 unspecified atom stereocenters. The van der Waals surface area contributed by atoms with E-state index in [0.29, 0.717) is 0 Å². The van der Waals surface area contributed by atoms with Crippen LogP contribution in [0.1, 0.15) is 200 Å². The summed E-state index contributed by atoms with van der Waals surface area (Å²) < 4.78 is 5.22. The maximum atomic E-state index is 2.61. The highest BCUT2D eigenvalue weighted by atomic mass is 15.1. The predicted octanol–water partition coefficient (Wildman–Crippen LogP) is 11.9. The molecule has 0 radical (unpaired) electrons. The van der Waals surface area contributed by atoms with Gasteiger partial charge in [0.25, 0.3) is 5.82 Å². The SMILES string of the molecule is CCCCCCCCCCCCCCCCCn1cc[n+](CCCCCCCCC)c1CCCCCCC. The number of rotatable bonds is 30. The molecule has 0 aliphatic heterocycles. The van der Waals surface area contributed by atoms with Crippen LogP contribution in [0.15, 0.2) is 12.4 Å². The van der Waals surface area contributed by atoms with Crippen molar-refractivity contribution in [1.29, 1.82) is 0 Å². The minimum atomic E-state index is 1.23. The lowest BCUT2D eigenvalue weighted by molar-refractivity contribution is -0.704. The Balaban J connectivity index is 2.19. The second-order valence-corrected chi connectivity index (χ2v) is 12.3. The molecule has 0 N–H and O–H groups in total. The molecule has 0 bridgehead atoms. The van der Waals surface area contributed by atoms with Crippen molar-refractivity contribution in [3.05, 3.63) is 18.2 Å². The largest absolute Gasteiger partial charge is 0.256 e. The lowest BCUT2D eigenvalue weighted by Gasteiger charge is -2.07. The Morgan fingerprint density at radius 1 is 0.447 bits per heavy atom. The van der Waals surface area contributed by atoms with E-state index in [2.05, 4.69) is 42.3 Å². The van der Waals surface area contributed by atoms with E-state index in [1.54, 1.807) is 5.82 Å². The van der Waals surface area contributed by atoms with E-state index in [0.717, 1.165) is 0 Å². The molecular formula is C36H71N2+. The van der Waals surface area contributed by atoms with Gasteiger partial charge in [-0.25, -0.2) is 9.13 Å². The van der Waals surface area contributed by atoms with Crippen LogP contribution in [0.5, 0.6) is 0 Å². The summed E-state index contributed by atoms with van der Waals surface area (Å²) in [6.07, 6.45) is 44.4. The topological polar surface area (TPSA) is 8.81 Å². The average molecular weight is 532 g/mol. The third-order valence-electron chi connectivity index (χ3n) is 8.60. The first-order chi connectivity index (χ1) is 18.8. The van der Waals surface area contributed by atoms with Gasteiger partial charge in [0.15, 0.2) is 0 Å². The Morgan fingerprint density at radius 3 is 1.26 bits per heavy atom. The lowest BCUT2D eigenvalue weighted by Crippen LogP contribution is -2.37. The van der Waals surface area contributed by atoms with Crippen LogP contribution in [0, 0.1) is 0 Å². The second kappa shape index (κ2) is 27.8. The van der Waals surface area contributed by atoms with Gasteiger partial charge in [0.1, 0.15) is 12.4 Å². The van der Waals surface area contributed by atoms with Crippen molar-refractivity contribution in [2.45, 2.75) is 214 Å². The number of aryl methyl sites for hydroxylation is 2. The van der Waals surface area contributed by atoms with E-state index in [9.17, 15) is 0 Å². The number of hydrogen-bond donors (Lipinski definition) is 0. The molecule has 0 aliphatic carbocycles. The Kier molecular flexibility index (Phi) is 25.7. The van der Waals surface area contributed by atoms with Gasteiger partial charge in [-0.1, -0.05) is 162 Å². The van der Waals surface area contributed by atoms with Gasteiger partial charge >= 0.3 is 0 Å². The molecule has 38 heavy (non-hydrogen) atoms. The molecule has 0 saturated heterocycles. The van der Waals surface area contributed by atoms with Crippen molar-refractivity contribution in [3.8, 4) is 0 Å². The van der Waals surface area contributed by atoms with Gasteiger partial charge in [-0.05, 0) is 32.1 Å². The number of nitrogens with zero attached hydrogens (tertiary/aromatic N) is 2. The van der Waals surface area contributed by atoms with Crippen molar-refractivity contribution in [2.24, 2.45) is 0 Å². The fourth-order valence-electron chi connectivity index (χ4n) is 5.97. The molecule has 0 saturated carbocycles. The fourth-order valence-corrected chi connectivity index (χ4v) is 5.97. The van der Waals surface area contributed by atoms with Gasteiger partial charge in [0, 0.05) is 6.42 Å². The molecule has 2 heteroatoms. The van der Waals surface area contributed by atoms with Crippen molar-refractivity contribution < 1.29 is 4.57 Å². The highest BCUT2D eigenvalue weighted by molar-refractivity contribution is 4.84. The molecule has 1 heterocycles. The molecule has 0 aliphatic rings. The average Bonchev–Trinajstić information content (AvgIpc) is 3.31. The van der Waals surface area contributed by atoms with E-state index >= 15 is 0 Å². The first kappa shape index (κ1) is 35.2. The van der Waals surface area contributed by atoms with Gasteiger partial charge in [-0.3, -0.25) is 0 Å². The molecular weight excluding hydrogens is 460 g/mol. The van der Waals surface area contributed by atoms with E-state index in [1.165, 1.54) is 193 Å². The first-order valence-electron chi connectivity index (χ1n) is 17.9. The maximum absolute atomic E-state index is 2.61. The number of aromatic nitrogens is 2. The summed E-state index contributed by atoms with van der Waals surface area (Å²) in [5.74, 6) is 1.61. The Morgan fingerprint density at radius 2 is 0.816 bits per heavy atom. The third kappa shape index (κ3) is 20.2. The molecule has 1 aromatic rings. The molecule has 0 spiro atoms. The van der Waals surface area contributed by atoms with Gasteiger partial charge in [-0.15, -0.1) is 0 Å². The maximum Gasteiger partial charge on any atom is 0.256 e. The van der Waals surface area contributed by atoms with Crippen LogP contribution >= 0.6 is 0 Å². The number of imidazole rings is 1. The second-order valence-electron chi connectivity index (χ2n) is 12.3. The molecule has 1 rings (SSSR count). The standard InChI is InChI=1S/C36H71N2/c1-4-7-10-13-15-16-17-18-19-20-21-22-24-27-30-33-38-35-34-37(32-29-26-23-14-11-8-5-2)36(38)31-28-25-12-9-6-3/h34-35H,4-33H2,1-3H3/q+1. The molecule has 0 fully saturated rings. The summed E-state index contributed by atoms with van der Waals surface area (Å²) in [5.41, 5.74) is 0. The van der Waals surface area contributed by atoms with Crippen LogP contribution in [0.4, 0.5) is 0 Å². The highest BCUT2D eigenvalue weighted by Gasteiger charge is 2.16. The predicted molar refractivity (Wildman–Crippen MR) is 170 cm³/mol. The normalized spacial score (nSPS) is 11.6. The Bertz CT molecular complexity index is 590. The van der Waals surface area contributed by atoms with Crippen LogP contribution < -0.4 is 4.57 Å². The summed E-state index contributed by atoms with van der Waals surface area (Å²) in [5, 5.41) is 0. The number of hydrogen-bond acceptors (Lipinski definition) is 0. The lowest BCUT2D eigenvalue weighted by atomic mass is 10.0. The van der Waals surface area contributed by atoms with Crippen LogP contribution in [-0.2, 0) is 19.5 Å². The molecule has 2 nitrogen and oxygen atoms in total. The zero-order valence-electron chi connectivity index (χ0n) is 26.8. The highest BCUT2D eigenvalue weighted by Crippen LogP contribution is 2.15. The van der Waals surface area contributed by atoms with Crippen LogP contribution in [0.3, 0.4) is 0 Å². The molecule has 0 aromatic carbocycles. The summed E-state index contributed by atoms with van der Waals surface area (Å²) in [4.78, 5) is 0. The van der Waals surface area contributed by atoms with Gasteiger partial charge < -0.3 is 0 Å². The summed E-state index contributed by atoms with van der Waals surface area (Å²) >= 11 is 0. The molecule has 224 valence electrons. The van der Waals surface area contributed by atoms with Crippen LogP contribution in [0.2, 0.25) is 0 Å². The van der Waals surface area contributed by atoms with Crippen molar-refractivity contribution in [3.63, 3.8) is 0 Å². The Labute approximate surface area is 240 Å². The van der Waals surface area contributed by atoms with E-state index in [1.807, 2.05) is 0 Å². The first-order valence-corrected chi connectivity index (χ1v) is 17.9. The summed E-state index contributed by atoms with van der Waals surface area (Å²) in [6.45, 7) is 9.39. The van der Waals surface area contributed by atoms with Gasteiger partial charge in [-0.2, -0.15) is 0 Å². The van der Waals surface area contributed by atoms with E-state index in [-0.39, 0.29) is 0 Å². The molecule has 1 aromatic heterocycles. The van der Waals surface area contributed by atoms with Gasteiger partial charge in [0.05, 0.1) is 13.1 Å². The summed E-state index contributed by atoms with van der Waals surface area (Å²) in [7, 11) is 0. The molecule has 0 amide bonds. The minimum absolute atomic E-state index is 1.23. The zero-order valence-corrected chi connectivity index (χ0v) is 26.8. The third-order valence-corrected chi connectivity index (χ3v) is 8.60. The van der Waals surface area contributed by atoms with Crippen molar-refractivity contribution in [2.75, 3.05) is 0 Å². The van der Waals surface area contributed by atoms with E-state index in [4.69, 9.17) is 0 Å². The molecule has 0 atom stereocenters. The summed E-state index contributed by atoms with van der Waals surface area (Å²) in [6, 6.07) is 0. The Hall–Kier alpha value is -0.790.